The molecule has 21 heavy (non-hydrogen) atoms. The predicted octanol–water partition coefficient (Wildman–Crippen LogP) is 1.36. The molecule has 0 aliphatic carbocycles. The fourth-order valence-corrected chi connectivity index (χ4v) is 2.21. The van der Waals surface area contributed by atoms with E-state index < -0.39 is 17.7 Å². The van der Waals surface area contributed by atoms with E-state index in [0.29, 0.717) is 6.54 Å². The van der Waals surface area contributed by atoms with E-state index in [0.717, 1.165) is 26.1 Å². The summed E-state index contributed by atoms with van der Waals surface area (Å²) < 4.78 is 5.25. The van der Waals surface area contributed by atoms with E-state index >= 15 is 0 Å². The lowest BCUT2D eigenvalue weighted by atomic mass is 10.0. The molecule has 0 aromatic heterocycles. The fourth-order valence-electron chi connectivity index (χ4n) is 2.21. The van der Waals surface area contributed by atoms with Crippen molar-refractivity contribution >= 4 is 12.0 Å². The van der Waals surface area contributed by atoms with E-state index in [1.165, 1.54) is 0 Å². The van der Waals surface area contributed by atoms with Crippen LogP contribution in [0.2, 0.25) is 0 Å². The molecule has 2 N–H and O–H groups in total. The molecule has 6 nitrogen and oxygen atoms in total. The van der Waals surface area contributed by atoms with Crippen molar-refractivity contribution in [2.45, 2.75) is 52.7 Å². The zero-order chi connectivity index (χ0) is 16.0. The molecule has 0 aromatic rings. The summed E-state index contributed by atoms with van der Waals surface area (Å²) >= 11 is 0. The van der Waals surface area contributed by atoms with Crippen LogP contribution in [0, 0.1) is 5.92 Å². The largest absolute Gasteiger partial charge is 0.444 e. The highest BCUT2D eigenvalue weighted by molar-refractivity contribution is 5.86. The maximum absolute atomic E-state index is 12.6. The number of carbonyl (C=O) groups is 2. The number of hydrogen-bond acceptors (Lipinski definition) is 4. The minimum atomic E-state index is -0.568. The van der Waals surface area contributed by atoms with Gasteiger partial charge in [-0.1, -0.05) is 13.8 Å². The number of ether oxygens (including phenoxy) is 1. The van der Waals surface area contributed by atoms with Gasteiger partial charge in [-0.2, -0.15) is 0 Å². The molecular weight excluding hydrogens is 270 g/mol. The third-order valence-electron chi connectivity index (χ3n) is 3.26. The van der Waals surface area contributed by atoms with Crippen molar-refractivity contribution in [1.82, 2.24) is 15.5 Å². The Morgan fingerprint density at radius 3 is 2.43 bits per heavy atom. The van der Waals surface area contributed by atoms with Crippen LogP contribution in [0.5, 0.6) is 0 Å². The summed E-state index contributed by atoms with van der Waals surface area (Å²) in [7, 11) is 0. The van der Waals surface area contributed by atoms with Gasteiger partial charge in [-0.3, -0.25) is 4.79 Å². The molecule has 1 rings (SSSR count). The van der Waals surface area contributed by atoms with Crippen LogP contribution >= 0.6 is 0 Å². The summed E-state index contributed by atoms with van der Waals surface area (Å²) in [5.41, 5.74) is -0.568. The molecule has 0 spiro atoms. The molecule has 1 atom stereocenters. The van der Waals surface area contributed by atoms with E-state index in [2.05, 4.69) is 10.6 Å². The van der Waals surface area contributed by atoms with Gasteiger partial charge < -0.3 is 20.3 Å². The number of hydrogen-bond donors (Lipinski definition) is 2. The number of rotatable bonds is 3. The highest BCUT2D eigenvalue weighted by atomic mass is 16.6. The van der Waals surface area contributed by atoms with Crippen LogP contribution in [0.15, 0.2) is 0 Å². The second kappa shape index (κ2) is 7.64. The average Bonchev–Trinajstić information content (AvgIpc) is 2.61. The molecule has 0 aromatic carbocycles. The highest BCUT2D eigenvalue weighted by Crippen LogP contribution is 2.11. The summed E-state index contributed by atoms with van der Waals surface area (Å²) in [5, 5.41) is 5.98. The van der Waals surface area contributed by atoms with Gasteiger partial charge in [-0.05, 0) is 39.7 Å². The Labute approximate surface area is 127 Å². The third-order valence-corrected chi connectivity index (χ3v) is 3.26. The smallest absolute Gasteiger partial charge is 0.408 e. The Kier molecular flexibility index (Phi) is 6.45. The second-order valence-electron chi connectivity index (χ2n) is 6.80. The van der Waals surface area contributed by atoms with E-state index in [1.54, 1.807) is 20.8 Å². The summed E-state index contributed by atoms with van der Waals surface area (Å²) in [6, 6.07) is -0.544. The Hall–Kier alpha value is -1.30. The zero-order valence-electron chi connectivity index (χ0n) is 13.9. The number of carbonyl (C=O) groups excluding carboxylic acids is 2. The molecule has 0 radical (unpaired) electrons. The number of alkyl carbamates (subject to hydrolysis) is 1. The summed E-state index contributed by atoms with van der Waals surface area (Å²) in [5.74, 6) is -0.0132. The zero-order valence-corrected chi connectivity index (χ0v) is 13.9. The van der Waals surface area contributed by atoms with Gasteiger partial charge in [0.25, 0.3) is 0 Å². The van der Waals surface area contributed by atoms with Gasteiger partial charge in [-0.25, -0.2) is 4.79 Å². The van der Waals surface area contributed by atoms with Crippen molar-refractivity contribution in [2.75, 3.05) is 26.2 Å². The first-order chi connectivity index (χ1) is 9.70. The summed E-state index contributed by atoms with van der Waals surface area (Å²) in [6.45, 7) is 12.4. The van der Waals surface area contributed by atoms with Crippen LogP contribution in [0.4, 0.5) is 4.79 Å². The van der Waals surface area contributed by atoms with Crippen molar-refractivity contribution in [3.63, 3.8) is 0 Å². The van der Waals surface area contributed by atoms with E-state index in [-0.39, 0.29) is 11.8 Å². The Bertz CT molecular complexity index is 356. The SMILES string of the molecule is CC(C)[C@H](NC(=O)OC(C)(C)C)C(=O)N1CCCNCC1. The number of nitrogens with one attached hydrogen (secondary N) is 2. The first-order valence-electron chi connectivity index (χ1n) is 7.70. The van der Waals surface area contributed by atoms with Crippen LogP contribution < -0.4 is 10.6 Å². The van der Waals surface area contributed by atoms with Crippen molar-refractivity contribution in [3.8, 4) is 0 Å². The number of nitrogens with zero attached hydrogens (tertiary/aromatic N) is 1. The van der Waals surface area contributed by atoms with Crippen LogP contribution in [-0.4, -0.2) is 54.7 Å². The van der Waals surface area contributed by atoms with Gasteiger partial charge in [-0.15, -0.1) is 0 Å². The van der Waals surface area contributed by atoms with Crippen molar-refractivity contribution in [3.05, 3.63) is 0 Å². The molecule has 1 aliphatic heterocycles. The molecule has 1 aliphatic rings. The molecule has 1 saturated heterocycles. The normalized spacial score (nSPS) is 18.1. The maximum Gasteiger partial charge on any atom is 0.408 e. The Morgan fingerprint density at radius 2 is 1.86 bits per heavy atom. The van der Waals surface area contributed by atoms with Gasteiger partial charge >= 0.3 is 6.09 Å². The lowest BCUT2D eigenvalue weighted by Gasteiger charge is -2.29. The van der Waals surface area contributed by atoms with Crippen LogP contribution in [-0.2, 0) is 9.53 Å². The lowest BCUT2D eigenvalue weighted by Crippen LogP contribution is -2.52. The van der Waals surface area contributed by atoms with Gasteiger partial charge in [0.15, 0.2) is 0 Å². The Morgan fingerprint density at radius 1 is 1.19 bits per heavy atom. The first kappa shape index (κ1) is 17.8. The molecule has 1 heterocycles. The quantitative estimate of drug-likeness (QED) is 0.825. The second-order valence-corrected chi connectivity index (χ2v) is 6.80. The van der Waals surface area contributed by atoms with Crippen molar-refractivity contribution in [2.24, 2.45) is 5.92 Å². The summed E-state index contributed by atoms with van der Waals surface area (Å²) in [4.78, 5) is 26.4. The van der Waals surface area contributed by atoms with Gasteiger partial charge in [0, 0.05) is 19.6 Å². The molecule has 0 unspecified atom stereocenters. The molecule has 0 saturated carbocycles. The van der Waals surface area contributed by atoms with Gasteiger partial charge in [0.2, 0.25) is 5.91 Å². The monoisotopic (exact) mass is 299 g/mol. The predicted molar refractivity (Wildman–Crippen MR) is 82.1 cm³/mol. The number of amides is 2. The average molecular weight is 299 g/mol. The molecule has 6 heteroatoms. The maximum atomic E-state index is 12.6. The van der Waals surface area contributed by atoms with Crippen LogP contribution in [0.3, 0.4) is 0 Å². The summed E-state index contributed by atoms with van der Waals surface area (Å²) in [6.07, 6.45) is 0.394. The van der Waals surface area contributed by atoms with E-state index in [9.17, 15) is 9.59 Å². The highest BCUT2D eigenvalue weighted by Gasteiger charge is 2.30. The minimum Gasteiger partial charge on any atom is -0.444 e. The first-order valence-corrected chi connectivity index (χ1v) is 7.70. The minimum absolute atomic E-state index is 0.0150. The van der Waals surface area contributed by atoms with E-state index in [4.69, 9.17) is 4.74 Å². The topological polar surface area (TPSA) is 70.7 Å². The standard InChI is InChI=1S/C15H29N3O3/c1-11(2)12(17-14(20)21-15(3,4)5)13(19)18-9-6-7-16-8-10-18/h11-12,16H,6-10H2,1-5H3,(H,17,20)/t12-/m0/s1. The van der Waals surface area contributed by atoms with Gasteiger partial charge in [0.1, 0.15) is 11.6 Å². The van der Waals surface area contributed by atoms with Crippen LogP contribution in [0.1, 0.15) is 41.0 Å². The van der Waals surface area contributed by atoms with Gasteiger partial charge in [0.05, 0.1) is 0 Å². The van der Waals surface area contributed by atoms with Crippen molar-refractivity contribution in [1.29, 1.82) is 0 Å². The van der Waals surface area contributed by atoms with Crippen molar-refractivity contribution < 1.29 is 14.3 Å². The fraction of sp³-hybridized carbons (Fsp3) is 0.867. The molecule has 1 fully saturated rings. The molecule has 122 valence electrons. The Balaban J connectivity index is 2.67. The van der Waals surface area contributed by atoms with E-state index in [1.807, 2.05) is 18.7 Å². The molecular formula is C15H29N3O3. The molecule has 0 bridgehead atoms. The molecule has 2 amide bonds. The third kappa shape index (κ3) is 6.33. The van der Waals surface area contributed by atoms with Crippen LogP contribution in [0.25, 0.3) is 0 Å². The lowest BCUT2D eigenvalue weighted by molar-refractivity contribution is -0.134.